The fourth-order valence-corrected chi connectivity index (χ4v) is 4.41. The van der Waals surface area contributed by atoms with Crippen LogP contribution in [0.4, 0.5) is 0 Å². The van der Waals surface area contributed by atoms with Gasteiger partial charge in [0.1, 0.15) is 12.4 Å². The maximum atomic E-state index is 11.5. The van der Waals surface area contributed by atoms with E-state index in [2.05, 4.69) is 60.4 Å². The van der Waals surface area contributed by atoms with Crippen LogP contribution in [0.25, 0.3) is 0 Å². The number of rotatable bonds is 7. The highest BCUT2D eigenvalue weighted by Gasteiger charge is 2.31. The minimum Gasteiger partial charge on any atom is -0.489 e. The molecule has 1 fully saturated rings. The number of nitrogens with zero attached hydrogens (tertiary/aromatic N) is 1. The molecule has 1 aliphatic rings. The Morgan fingerprint density at radius 2 is 1.71 bits per heavy atom. The Labute approximate surface area is 184 Å². The van der Waals surface area contributed by atoms with Crippen molar-refractivity contribution in [3.63, 3.8) is 0 Å². The van der Waals surface area contributed by atoms with Crippen molar-refractivity contribution in [2.45, 2.75) is 32.4 Å². The zero-order valence-corrected chi connectivity index (χ0v) is 17.9. The molecular formula is C27H29NO3. The number of hydrogen-bond acceptors (Lipinski definition) is 3. The van der Waals surface area contributed by atoms with Gasteiger partial charge in [-0.3, -0.25) is 9.69 Å². The van der Waals surface area contributed by atoms with E-state index >= 15 is 0 Å². The molecule has 4 nitrogen and oxygen atoms in total. The third kappa shape index (κ3) is 5.15. The summed E-state index contributed by atoms with van der Waals surface area (Å²) in [7, 11) is 0. The van der Waals surface area contributed by atoms with Crippen LogP contribution in [0.5, 0.6) is 5.75 Å². The lowest BCUT2D eigenvalue weighted by molar-refractivity contribution is -0.143. The van der Waals surface area contributed by atoms with Gasteiger partial charge in [0.05, 0.1) is 12.0 Å². The molecule has 0 radical (unpaired) electrons. The van der Waals surface area contributed by atoms with Gasteiger partial charge in [0.15, 0.2) is 0 Å². The summed E-state index contributed by atoms with van der Waals surface area (Å²) in [5.74, 6) is -0.0597. The van der Waals surface area contributed by atoms with Crippen LogP contribution >= 0.6 is 0 Å². The number of carbonyl (C=O) groups is 1. The van der Waals surface area contributed by atoms with Crippen molar-refractivity contribution in [3.05, 3.63) is 101 Å². The summed E-state index contributed by atoms with van der Waals surface area (Å²) in [6.45, 7) is 4.12. The third-order valence-electron chi connectivity index (χ3n) is 6.05. The summed E-state index contributed by atoms with van der Waals surface area (Å²) in [5, 5.41) is 9.42. The Bertz CT molecular complexity index is 1010. The molecule has 0 aliphatic carbocycles. The van der Waals surface area contributed by atoms with Gasteiger partial charge >= 0.3 is 5.97 Å². The summed E-state index contributed by atoms with van der Waals surface area (Å²) >= 11 is 0. The summed E-state index contributed by atoms with van der Waals surface area (Å²) in [6.07, 6.45) is 1.34. The van der Waals surface area contributed by atoms with Crippen molar-refractivity contribution in [1.82, 2.24) is 4.90 Å². The number of ether oxygens (including phenoxy) is 1. The predicted octanol–water partition coefficient (Wildman–Crippen LogP) is 5.46. The molecule has 0 spiro atoms. The van der Waals surface area contributed by atoms with Crippen LogP contribution in [0, 0.1) is 12.8 Å². The maximum Gasteiger partial charge on any atom is 0.306 e. The van der Waals surface area contributed by atoms with Crippen molar-refractivity contribution in [3.8, 4) is 5.75 Å². The van der Waals surface area contributed by atoms with Gasteiger partial charge < -0.3 is 9.84 Å². The Kier molecular flexibility index (Phi) is 6.68. The first-order valence-electron chi connectivity index (χ1n) is 10.9. The molecule has 1 saturated heterocycles. The van der Waals surface area contributed by atoms with E-state index in [1.54, 1.807) is 0 Å². The zero-order chi connectivity index (χ0) is 21.6. The molecule has 3 aromatic rings. The van der Waals surface area contributed by atoms with Gasteiger partial charge in [0, 0.05) is 5.56 Å². The van der Waals surface area contributed by atoms with Gasteiger partial charge in [-0.05, 0) is 50.0 Å². The molecule has 1 aliphatic heterocycles. The van der Waals surface area contributed by atoms with Gasteiger partial charge in [-0.2, -0.15) is 0 Å². The lowest BCUT2D eigenvalue weighted by atomic mass is 9.90. The number of para-hydroxylation sites is 1. The van der Waals surface area contributed by atoms with E-state index in [1.165, 1.54) is 11.1 Å². The molecule has 160 valence electrons. The highest BCUT2D eigenvalue weighted by Crippen LogP contribution is 2.37. The van der Waals surface area contributed by atoms with E-state index in [9.17, 15) is 9.90 Å². The van der Waals surface area contributed by atoms with Crippen molar-refractivity contribution < 1.29 is 14.6 Å². The largest absolute Gasteiger partial charge is 0.489 e. The third-order valence-corrected chi connectivity index (χ3v) is 6.05. The van der Waals surface area contributed by atoms with Crippen LogP contribution in [0.2, 0.25) is 0 Å². The average Bonchev–Trinajstić information content (AvgIpc) is 2.80. The summed E-state index contributed by atoms with van der Waals surface area (Å²) in [5.41, 5.74) is 4.68. The Morgan fingerprint density at radius 1 is 1.00 bits per heavy atom. The first-order chi connectivity index (χ1) is 15.1. The molecular weight excluding hydrogens is 386 g/mol. The van der Waals surface area contributed by atoms with Crippen molar-refractivity contribution in [1.29, 1.82) is 0 Å². The number of carboxylic acid groups (broad SMARTS) is 1. The standard InChI is InChI=1S/C27H29NO3/c1-20-8-7-11-23(18-20)26(28-16-14-22(15-17-28)27(29)30)24-12-5-6-13-25(24)31-19-21-9-3-2-4-10-21/h2-13,18,22,26H,14-17,19H2,1H3,(H,29,30). The van der Waals surface area contributed by atoms with E-state index in [-0.39, 0.29) is 12.0 Å². The molecule has 4 rings (SSSR count). The predicted molar refractivity (Wildman–Crippen MR) is 122 cm³/mol. The molecule has 0 aromatic heterocycles. The smallest absolute Gasteiger partial charge is 0.306 e. The highest BCUT2D eigenvalue weighted by atomic mass is 16.5. The molecule has 3 aromatic carbocycles. The summed E-state index contributed by atoms with van der Waals surface area (Å²) < 4.78 is 6.29. The second-order valence-corrected chi connectivity index (χ2v) is 8.28. The zero-order valence-electron chi connectivity index (χ0n) is 17.9. The van der Waals surface area contributed by atoms with Crippen LogP contribution < -0.4 is 4.74 Å². The van der Waals surface area contributed by atoms with E-state index in [1.807, 2.05) is 30.3 Å². The Morgan fingerprint density at radius 3 is 2.42 bits per heavy atom. The number of benzene rings is 3. The quantitative estimate of drug-likeness (QED) is 0.557. The number of carboxylic acids is 1. The molecule has 1 unspecified atom stereocenters. The van der Waals surface area contributed by atoms with E-state index in [4.69, 9.17) is 4.74 Å². The first kappa shape index (κ1) is 21.1. The second-order valence-electron chi connectivity index (χ2n) is 8.28. The highest BCUT2D eigenvalue weighted by molar-refractivity contribution is 5.70. The van der Waals surface area contributed by atoms with Gasteiger partial charge in [-0.1, -0.05) is 78.4 Å². The second kappa shape index (κ2) is 9.80. The van der Waals surface area contributed by atoms with Crippen LogP contribution in [0.1, 0.15) is 41.1 Å². The monoisotopic (exact) mass is 415 g/mol. The van der Waals surface area contributed by atoms with Crippen LogP contribution in [0.3, 0.4) is 0 Å². The summed E-state index contributed by atoms with van der Waals surface area (Å²) in [4.78, 5) is 13.9. The topological polar surface area (TPSA) is 49.8 Å². The van der Waals surface area contributed by atoms with Crippen molar-refractivity contribution >= 4 is 5.97 Å². The van der Waals surface area contributed by atoms with Gasteiger partial charge in [0.2, 0.25) is 0 Å². The van der Waals surface area contributed by atoms with Gasteiger partial charge in [0.25, 0.3) is 0 Å². The maximum absolute atomic E-state index is 11.5. The number of aliphatic carboxylic acids is 1. The van der Waals surface area contributed by atoms with Crippen LogP contribution in [0.15, 0.2) is 78.9 Å². The fourth-order valence-electron chi connectivity index (χ4n) is 4.41. The minimum absolute atomic E-state index is 0.0293. The molecule has 0 saturated carbocycles. The SMILES string of the molecule is Cc1cccc(C(c2ccccc2OCc2ccccc2)N2CCC(C(=O)O)CC2)c1. The lowest BCUT2D eigenvalue weighted by Crippen LogP contribution is -2.39. The normalized spacial score (nSPS) is 16.0. The van der Waals surface area contributed by atoms with Crippen molar-refractivity contribution in [2.75, 3.05) is 13.1 Å². The number of piperidine rings is 1. The minimum atomic E-state index is -0.682. The van der Waals surface area contributed by atoms with Crippen LogP contribution in [-0.4, -0.2) is 29.1 Å². The number of aryl methyl sites for hydroxylation is 1. The van der Waals surface area contributed by atoms with E-state index in [0.717, 1.165) is 30.0 Å². The Hall–Kier alpha value is -3.11. The fraction of sp³-hybridized carbons (Fsp3) is 0.296. The molecule has 1 N–H and O–H groups in total. The van der Waals surface area contributed by atoms with Gasteiger partial charge in [-0.15, -0.1) is 0 Å². The van der Waals surface area contributed by atoms with E-state index < -0.39 is 5.97 Å². The average molecular weight is 416 g/mol. The molecule has 4 heteroatoms. The van der Waals surface area contributed by atoms with Gasteiger partial charge in [-0.25, -0.2) is 0 Å². The summed E-state index contributed by atoms with van der Waals surface area (Å²) in [6, 6.07) is 27.0. The molecule has 1 atom stereocenters. The molecule has 0 amide bonds. The number of hydrogen-bond donors (Lipinski definition) is 1. The molecule has 0 bridgehead atoms. The molecule has 1 heterocycles. The van der Waals surface area contributed by atoms with Crippen LogP contribution in [-0.2, 0) is 11.4 Å². The lowest BCUT2D eigenvalue weighted by Gasteiger charge is -2.37. The number of likely N-dealkylation sites (tertiary alicyclic amines) is 1. The Balaban J connectivity index is 1.65. The van der Waals surface area contributed by atoms with Crippen molar-refractivity contribution in [2.24, 2.45) is 5.92 Å². The molecule has 31 heavy (non-hydrogen) atoms. The first-order valence-corrected chi connectivity index (χ1v) is 10.9. The van der Waals surface area contributed by atoms with E-state index in [0.29, 0.717) is 19.4 Å².